The van der Waals surface area contributed by atoms with Crippen LogP contribution in [0.1, 0.15) is 27.2 Å². The van der Waals surface area contributed by atoms with Gasteiger partial charge in [-0.3, -0.25) is 5.10 Å². The molecule has 0 aliphatic carbocycles. The molecule has 1 heterocycles. The monoisotopic (exact) mass is 245 g/mol. The number of aromatic nitrogens is 2. The first-order valence-corrected chi connectivity index (χ1v) is 6.95. The van der Waals surface area contributed by atoms with E-state index in [0.717, 1.165) is 6.42 Å². The smallest absolute Gasteiger partial charge is 0.246 e. The Kier molecular flexibility index (Phi) is 4.49. The zero-order valence-corrected chi connectivity index (χ0v) is 10.8. The third-order valence-electron chi connectivity index (χ3n) is 2.68. The van der Waals surface area contributed by atoms with E-state index in [9.17, 15) is 8.42 Å². The zero-order chi connectivity index (χ0) is 12.2. The highest BCUT2D eigenvalue weighted by Gasteiger charge is 2.24. The lowest BCUT2D eigenvalue weighted by Crippen LogP contribution is -2.34. The van der Waals surface area contributed by atoms with Crippen molar-refractivity contribution in [2.24, 2.45) is 5.92 Å². The Morgan fingerprint density at radius 1 is 1.50 bits per heavy atom. The fraction of sp³-hybridized carbons (Fsp3) is 0.700. The largest absolute Gasteiger partial charge is 0.284 e. The first kappa shape index (κ1) is 13.2. The number of aromatic amines is 1. The van der Waals surface area contributed by atoms with Gasteiger partial charge in [0.2, 0.25) is 10.0 Å². The van der Waals surface area contributed by atoms with E-state index in [2.05, 4.69) is 17.1 Å². The van der Waals surface area contributed by atoms with Crippen molar-refractivity contribution >= 4 is 10.0 Å². The second kappa shape index (κ2) is 5.45. The van der Waals surface area contributed by atoms with Crippen LogP contribution in [0, 0.1) is 5.92 Å². The van der Waals surface area contributed by atoms with Crippen LogP contribution >= 0.6 is 0 Å². The lowest BCUT2D eigenvalue weighted by molar-refractivity contribution is 0.361. The van der Waals surface area contributed by atoms with Crippen LogP contribution in [0.5, 0.6) is 0 Å². The quantitative estimate of drug-likeness (QED) is 0.825. The maximum absolute atomic E-state index is 12.1. The standard InChI is InChI=1S/C10H19N3O2S/c1-4-9(3)8-13(5-2)16(14,15)10-6-11-12-7-10/h6-7,9H,4-5,8H2,1-3H3,(H,11,12). The number of hydrogen-bond donors (Lipinski definition) is 1. The van der Waals surface area contributed by atoms with Gasteiger partial charge in [-0.05, 0) is 5.92 Å². The molecule has 0 aliphatic heterocycles. The van der Waals surface area contributed by atoms with Gasteiger partial charge in [0.1, 0.15) is 4.90 Å². The molecule has 0 saturated heterocycles. The van der Waals surface area contributed by atoms with Gasteiger partial charge in [-0.2, -0.15) is 9.40 Å². The van der Waals surface area contributed by atoms with Gasteiger partial charge in [0.15, 0.2) is 0 Å². The normalized spacial score (nSPS) is 14.2. The molecule has 0 amide bonds. The minimum atomic E-state index is -3.37. The minimum absolute atomic E-state index is 0.234. The summed E-state index contributed by atoms with van der Waals surface area (Å²) in [7, 11) is -3.37. The van der Waals surface area contributed by atoms with Crippen molar-refractivity contribution in [2.75, 3.05) is 13.1 Å². The third-order valence-corrected chi connectivity index (χ3v) is 4.58. The molecule has 5 nitrogen and oxygen atoms in total. The molecule has 6 heteroatoms. The van der Waals surface area contributed by atoms with Crippen LogP contribution in [0.15, 0.2) is 17.3 Å². The number of sulfonamides is 1. The molecule has 1 N–H and O–H groups in total. The summed E-state index contributed by atoms with van der Waals surface area (Å²) in [5.41, 5.74) is 0. The van der Waals surface area contributed by atoms with Gasteiger partial charge in [0.05, 0.1) is 6.20 Å². The highest BCUT2D eigenvalue weighted by molar-refractivity contribution is 7.89. The molecule has 0 spiro atoms. The van der Waals surface area contributed by atoms with E-state index >= 15 is 0 Å². The highest BCUT2D eigenvalue weighted by atomic mass is 32.2. The van der Waals surface area contributed by atoms with Crippen molar-refractivity contribution in [3.05, 3.63) is 12.4 Å². The molecule has 0 bridgehead atoms. The second-order valence-corrected chi connectivity index (χ2v) is 5.84. The van der Waals surface area contributed by atoms with Crippen molar-refractivity contribution < 1.29 is 8.42 Å². The van der Waals surface area contributed by atoms with E-state index in [1.54, 1.807) is 0 Å². The predicted molar refractivity (Wildman–Crippen MR) is 62.5 cm³/mol. The van der Waals surface area contributed by atoms with Gasteiger partial charge < -0.3 is 0 Å². The van der Waals surface area contributed by atoms with Crippen LogP contribution in [0.2, 0.25) is 0 Å². The minimum Gasteiger partial charge on any atom is -0.284 e. The van der Waals surface area contributed by atoms with E-state index in [4.69, 9.17) is 0 Å². The first-order valence-electron chi connectivity index (χ1n) is 5.51. The number of nitrogens with zero attached hydrogens (tertiary/aromatic N) is 2. The Hall–Kier alpha value is -0.880. The molecule has 1 rings (SSSR count). The van der Waals surface area contributed by atoms with Gasteiger partial charge in [0.25, 0.3) is 0 Å². The maximum Gasteiger partial charge on any atom is 0.246 e. The molecule has 0 aromatic carbocycles. The Morgan fingerprint density at radius 2 is 2.19 bits per heavy atom. The van der Waals surface area contributed by atoms with Gasteiger partial charge in [-0.1, -0.05) is 27.2 Å². The summed E-state index contributed by atoms with van der Waals surface area (Å²) in [6.07, 6.45) is 3.72. The Bertz CT molecular complexity index is 400. The molecular formula is C10H19N3O2S. The Morgan fingerprint density at radius 3 is 2.62 bits per heavy atom. The van der Waals surface area contributed by atoms with Crippen LogP contribution in [-0.2, 0) is 10.0 Å². The topological polar surface area (TPSA) is 66.1 Å². The van der Waals surface area contributed by atoms with Crippen LogP contribution in [0.4, 0.5) is 0 Å². The van der Waals surface area contributed by atoms with Crippen LogP contribution < -0.4 is 0 Å². The fourth-order valence-electron chi connectivity index (χ4n) is 1.40. The van der Waals surface area contributed by atoms with Crippen LogP contribution in [0.3, 0.4) is 0 Å². The number of rotatable bonds is 6. The molecule has 1 aromatic heterocycles. The van der Waals surface area contributed by atoms with Gasteiger partial charge in [-0.25, -0.2) is 8.42 Å². The molecule has 92 valence electrons. The summed E-state index contributed by atoms with van der Waals surface area (Å²) in [4.78, 5) is 0.234. The molecule has 16 heavy (non-hydrogen) atoms. The summed E-state index contributed by atoms with van der Waals surface area (Å²) in [5, 5.41) is 6.20. The van der Waals surface area contributed by atoms with Gasteiger partial charge in [-0.15, -0.1) is 0 Å². The molecular weight excluding hydrogens is 226 g/mol. The molecule has 0 radical (unpaired) electrons. The first-order chi connectivity index (χ1) is 7.52. The average Bonchev–Trinajstić information content (AvgIpc) is 2.78. The summed E-state index contributed by atoms with van der Waals surface area (Å²) in [6, 6.07) is 0. The Balaban J connectivity index is 2.88. The van der Waals surface area contributed by atoms with Gasteiger partial charge >= 0.3 is 0 Å². The molecule has 0 fully saturated rings. The maximum atomic E-state index is 12.1. The van der Waals surface area contributed by atoms with Crippen LogP contribution in [-0.4, -0.2) is 36.0 Å². The van der Waals surface area contributed by atoms with Crippen LogP contribution in [0.25, 0.3) is 0 Å². The fourth-order valence-corrected chi connectivity index (χ4v) is 2.88. The predicted octanol–water partition coefficient (Wildman–Crippen LogP) is 1.47. The summed E-state index contributed by atoms with van der Waals surface area (Å²) < 4.78 is 25.8. The van der Waals surface area contributed by atoms with E-state index in [0.29, 0.717) is 19.0 Å². The van der Waals surface area contributed by atoms with E-state index in [1.165, 1.54) is 16.7 Å². The lowest BCUT2D eigenvalue weighted by Gasteiger charge is -2.22. The average molecular weight is 245 g/mol. The Labute approximate surface area is 96.9 Å². The van der Waals surface area contributed by atoms with Crippen molar-refractivity contribution in [2.45, 2.75) is 32.1 Å². The van der Waals surface area contributed by atoms with Crippen molar-refractivity contribution in [3.63, 3.8) is 0 Å². The van der Waals surface area contributed by atoms with Gasteiger partial charge in [0, 0.05) is 19.3 Å². The highest BCUT2D eigenvalue weighted by Crippen LogP contribution is 2.16. The lowest BCUT2D eigenvalue weighted by atomic mass is 10.1. The summed E-state index contributed by atoms with van der Waals surface area (Å²) in [5.74, 6) is 0.363. The zero-order valence-electron chi connectivity index (χ0n) is 9.97. The molecule has 1 unspecified atom stereocenters. The number of nitrogens with one attached hydrogen (secondary N) is 1. The molecule has 0 saturated carbocycles. The number of H-pyrrole nitrogens is 1. The van der Waals surface area contributed by atoms with Crippen molar-refractivity contribution in [3.8, 4) is 0 Å². The summed E-state index contributed by atoms with van der Waals surface area (Å²) in [6.45, 7) is 6.99. The molecule has 1 aromatic rings. The second-order valence-electron chi connectivity index (χ2n) is 3.90. The SMILES string of the molecule is CCC(C)CN(CC)S(=O)(=O)c1cn[nH]c1. The van der Waals surface area contributed by atoms with E-state index in [1.807, 2.05) is 13.8 Å². The third kappa shape index (κ3) is 2.82. The summed E-state index contributed by atoms with van der Waals surface area (Å²) >= 11 is 0. The number of hydrogen-bond acceptors (Lipinski definition) is 3. The molecule has 1 atom stereocenters. The molecule has 0 aliphatic rings. The van der Waals surface area contributed by atoms with Crippen molar-refractivity contribution in [1.82, 2.24) is 14.5 Å². The van der Waals surface area contributed by atoms with Crippen molar-refractivity contribution in [1.29, 1.82) is 0 Å². The van der Waals surface area contributed by atoms with E-state index in [-0.39, 0.29) is 4.90 Å². The van der Waals surface area contributed by atoms with E-state index < -0.39 is 10.0 Å².